The van der Waals surface area contributed by atoms with E-state index in [1.807, 2.05) is 109 Å². The van der Waals surface area contributed by atoms with Crippen LogP contribution in [-0.4, -0.2) is 11.8 Å². The third-order valence-corrected chi connectivity index (χ3v) is 6.64. The predicted octanol–water partition coefficient (Wildman–Crippen LogP) is 6.70. The van der Waals surface area contributed by atoms with Crippen molar-refractivity contribution < 1.29 is 19.1 Å². The summed E-state index contributed by atoms with van der Waals surface area (Å²) in [6, 6.07) is 41.9. The van der Waals surface area contributed by atoms with Crippen LogP contribution in [0.3, 0.4) is 0 Å². The van der Waals surface area contributed by atoms with Gasteiger partial charge in [-0.15, -0.1) is 0 Å². The summed E-state index contributed by atoms with van der Waals surface area (Å²) in [6.07, 6.45) is 0. The second kappa shape index (κ2) is 14.3. The lowest BCUT2D eigenvalue weighted by Gasteiger charge is -2.14. The van der Waals surface area contributed by atoms with Crippen molar-refractivity contribution >= 4 is 11.8 Å². The van der Waals surface area contributed by atoms with Crippen molar-refractivity contribution in [2.75, 3.05) is 0 Å². The van der Waals surface area contributed by atoms with Gasteiger partial charge >= 0.3 is 0 Å². The number of amides is 2. The molecule has 0 saturated heterocycles. The summed E-state index contributed by atoms with van der Waals surface area (Å²) in [5.41, 5.74) is 4.89. The summed E-state index contributed by atoms with van der Waals surface area (Å²) in [6.45, 7) is 1.45. The highest BCUT2D eigenvalue weighted by atomic mass is 16.5. The number of carbonyl (C=O) groups excluding carboxylic acids is 2. The van der Waals surface area contributed by atoms with Crippen molar-refractivity contribution in [3.05, 3.63) is 167 Å². The molecule has 2 N–H and O–H groups in total. The van der Waals surface area contributed by atoms with Crippen molar-refractivity contribution in [2.24, 2.45) is 0 Å². The summed E-state index contributed by atoms with van der Waals surface area (Å²) in [7, 11) is 0. The van der Waals surface area contributed by atoms with Crippen LogP contribution in [0.4, 0.5) is 0 Å². The number of hydrogen-bond donors (Lipinski definition) is 2. The van der Waals surface area contributed by atoms with Crippen molar-refractivity contribution in [1.82, 2.24) is 10.6 Å². The molecular formula is C36H32N2O4. The lowest BCUT2D eigenvalue weighted by atomic mass is 10.1. The number of carbonyl (C=O) groups is 2. The van der Waals surface area contributed by atoms with Crippen LogP contribution in [0.1, 0.15) is 43.0 Å². The minimum atomic E-state index is -0.192. The molecule has 5 rings (SSSR count). The Hall–Kier alpha value is -5.36. The Morgan fingerprint density at radius 2 is 0.833 bits per heavy atom. The fourth-order valence-corrected chi connectivity index (χ4v) is 4.44. The van der Waals surface area contributed by atoms with E-state index in [0.717, 1.165) is 22.3 Å². The van der Waals surface area contributed by atoms with Crippen LogP contribution in [0.5, 0.6) is 11.5 Å². The highest BCUT2D eigenvalue weighted by Gasteiger charge is 2.14. The Morgan fingerprint density at radius 1 is 0.452 bits per heavy atom. The predicted molar refractivity (Wildman–Crippen MR) is 163 cm³/mol. The molecule has 0 saturated carbocycles. The first-order valence-corrected chi connectivity index (χ1v) is 13.8. The zero-order valence-electron chi connectivity index (χ0n) is 23.2. The van der Waals surface area contributed by atoms with Gasteiger partial charge in [0.1, 0.15) is 24.7 Å². The minimum absolute atomic E-state index is 0.192. The topological polar surface area (TPSA) is 76.7 Å². The van der Waals surface area contributed by atoms with Crippen LogP contribution >= 0.6 is 0 Å². The van der Waals surface area contributed by atoms with Gasteiger partial charge in [-0.2, -0.15) is 0 Å². The molecule has 0 bridgehead atoms. The Bertz CT molecular complexity index is 1500. The van der Waals surface area contributed by atoms with Gasteiger partial charge in [-0.25, -0.2) is 0 Å². The van der Waals surface area contributed by atoms with Gasteiger partial charge in [0.2, 0.25) is 0 Å². The molecule has 0 aliphatic heterocycles. The Kier molecular flexibility index (Phi) is 9.61. The zero-order chi connectivity index (χ0) is 29.0. The van der Waals surface area contributed by atoms with Crippen LogP contribution in [-0.2, 0) is 26.3 Å². The van der Waals surface area contributed by atoms with E-state index in [4.69, 9.17) is 9.47 Å². The van der Waals surface area contributed by atoms with E-state index in [9.17, 15) is 9.59 Å². The van der Waals surface area contributed by atoms with Gasteiger partial charge in [-0.3, -0.25) is 9.59 Å². The van der Waals surface area contributed by atoms with Crippen LogP contribution in [0.25, 0.3) is 0 Å². The molecule has 0 unspecified atom stereocenters. The highest BCUT2D eigenvalue weighted by Crippen LogP contribution is 2.22. The zero-order valence-corrected chi connectivity index (χ0v) is 23.2. The molecule has 5 aromatic rings. The second-order valence-corrected chi connectivity index (χ2v) is 9.73. The highest BCUT2D eigenvalue weighted by molar-refractivity contribution is 5.97. The van der Waals surface area contributed by atoms with E-state index < -0.39 is 0 Å². The molecule has 2 amide bonds. The van der Waals surface area contributed by atoms with E-state index >= 15 is 0 Å². The van der Waals surface area contributed by atoms with Gasteiger partial charge < -0.3 is 20.1 Å². The molecule has 0 aliphatic carbocycles. The van der Waals surface area contributed by atoms with Crippen LogP contribution < -0.4 is 20.1 Å². The number of rotatable bonds is 12. The molecule has 0 fully saturated rings. The van der Waals surface area contributed by atoms with E-state index in [-0.39, 0.29) is 25.0 Å². The van der Waals surface area contributed by atoms with Gasteiger partial charge in [-0.1, -0.05) is 103 Å². The van der Waals surface area contributed by atoms with Gasteiger partial charge in [0.25, 0.3) is 11.8 Å². The number of para-hydroxylation sites is 2. The minimum Gasteiger partial charge on any atom is -0.488 e. The third-order valence-electron chi connectivity index (χ3n) is 6.64. The second-order valence-electron chi connectivity index (χ2n) is 9.73. The van der Waals surface area contributed by atoms with Gasteiger partial charge in [0, 0.05) is 13.1 Å². The molecular weight excluding hydrogens is 524 g/mol. The van der Waals surface area contributed by atoms with Crippen molar-refractivity contribution in [3.8, 4) is 11.5 Å². The summed E-state index contributed by atoms with van der Waals surface area (Å²) in [4.78, 5) is 25.8. The summed E-state index contributed by atoms with van der Waals surface area (Å²) in [5.74, 6) is 0.645. The molecule has 0 heterocycles. The van der Waals surface area contributed by atoms with E-state index in [1.165, 1.54) is 0 Å². The number of benzene rings is 5. The van der Waals surface area contributed by atoms with Crippen LogP contribution in [0.15, 0.2) is 133 Å². The van der Waals surface area contributed by atoms with E-state index in [1.54, 1.807) is 24.3 Å². The number of ether oxygens (including phenoxy) is 2. The van der Waals surface area contributed by atoms with Crippen molar-refractivity contribution in [3.63, 3.8) is 0 Å². The summed E-state index contributed by atoms with van der Waals surface area (Å²) >= 11 is 0. The van der Waals surface area contributed by atoms with Crippen LogP contribution in [0, 0.1) is 0 Å². The summed E-state index contributed by atoms with van der Waals surface area (Å²) in [5, 5.41) is 5.92. The molecule has 6 nitrogen and oxygen atoms in total. The first-order chi connectivity index (χ1) is 20.7. The van der Waals surface area contributed by atoms with Crippen molar-refractivity contribution in [2.45, 2.75) is 26.3 Å². The number of hydrogen-bond acceptors (Lipinski definition) is 4. The molecule has 0 atom stereocenters. The van der Waals surface area contributed by atoms with E-state index in [0.29, 0.717) is 35.7 Å². The van der Waals surface area contributed by atoms with Gasteiger partial charge in [0.05, 0.1) is 11.1 Å². The Labute approximate surface area is 245 Å². The molecule has 42 heavy (non-hydrogen) atoms. The Morgan fingerprint density at radius 3 is 1.29 bits per heavy atom. The average Bonchev–Trinajstić information content (AvgIpc) is 3.05. The monoisotopic (exact) mass is 556 g/mol. The maximum absolute atomic E-state index is 12.9. The largest absolute Gasteiger partial charge is 0.488 e. The normalized spacial score (nSPS) is 10.5. The molecule has 0 aliphatic rings. The molecule has 0 aromatic heterocycles. The fourth-order valence-electron chi connectivity index (χ4n) is 4.44. The molecule has 0 radical (unpaired) electrons. The number of nitrogens with one attached hydrogen (secondary N) is 2. The van der Waals surface area contributed by atoms with E-state index in [2.05, 4.69) is 10.6 Å². The van der Waals surface area contributed by atoms with Gasteiger partial charge in [0.15, 0.2) is 0 Å². The standard InChI is InChI=1S/C36H32N2O4/c39-35(37-23-27-12-3-1-4-13-27)31-18-7-9-20-33(31)41-25-29-16-11-17-30(22-29)26-42-34-21-10-8-19-32(34)36(40)38-24-28-14-5-2-6-15-28/h1-22H,23-26H2,(H,37,39)(H,38,40). The maximum atomic E-state index is 12.9. The lowest BCUT2D eigenvalue weighted by Crippen LogP contribution is -2.23. The first kappa shape index (κ1) is 28.2. The lowest BCUT2D eigenvalue weighted by molar-refractivity contribution is 0.0938. The third kappa shape index (κ3) is 7.86. The fraction of sp³-hybridized carbons (Fsp3) is 0.111. The SMILES string of the molecule is O=C(NCc1ccccc1)c1ccccc1OCc1cccc(COc2ccccc2C(=O)NCc2ccccc2)c1. The maximum Gasteiger partial charge on any atom is 0.255 e. The van der Waals surface area contributed by atoms with Crippen molar-refractivity contribution in [1.29, 1.82) is 0 Å². The first-order valence-electron chi connectivity index (χ1n) is 13.8. The molecule has 0 spiro atoms. The Balaban J connectivity index is 1.17. The molecule has 210 valence electrons. The average molecular weight is 557 g/mol. The molecule has 6 heteroatoms. The molecule has 5 aromatic carbocycles. The summed E-state index contributed by atoms with van der Waals surface area (Å²) < 4.78 is 12.1. The smallest absolute Gasteiger partial charge is 0.255 e. The quantitative estimate of drug-likeness (QED) is 0.179. The van der Waals surface area contributed by atoms with Crippen LogP contribution in [0.2, 0.25) is 0 Å². The van der Waals surface area contributed by atoms with Gasteiger partial charge in [-0.05, 0) is 52.6 Å².